The van der Waals surface area contributed by atoms with Crippen LogP contribution in [0.25, 0.3) is 6.08 Å². The summed E-state index contributed by atoms with van der Waals surface area (Å²) in [5.74, 6) is 1.81. The van der Waals surface area contributed by atoms with Crippen molar-refractivity contribution in [1.29, 1.82) is 0 Å². The molecule has 6 heteroatoms. The van der Waals surface area contributed by atoms with Crippen molar-refractivity contribution in [3.05, 3.63) is 92.7 Å². The quantitative estimate of drug-likeness (QED) is 0.424. The molecule has 0 saturated carbocycles. The normalized spacial score (nSPS) is 13.9. The minimum atomic E-state index is -0.222. The van der Waals surface area contributed by atoms with Gasteiger partial charge in [0.15, 0.2) is 5.76 Å². The first kappa shape index (κ1) is 20.3. The smallest absolute Gasteiger partial charge is 0.231 e. The van der Waals surface area contributed by atoms with Crippen molar-refractivity contribution in [2.24, 2.45) is 0 Å². The van der Waals surface area contributed by atoms with Gasteiger partial charge in [0.1, 0.15) is 23.9 Å². The van der Waals surface area contributed by atoms with E-state index in [-0.39, 0.29) is 11.5 Å². The Labute approximate surface area is 184 Å². The zero-order chi connectivity index (χ0) is 21.3. The van der Waals surface area contributed by atoms with Crippen molar-refractivity contribution < 1.29 is 19.0 Å². The summed E-state index contributed by atoms with van der Waals surface area (Å²) in [4.78, 5) is 12.8. The number of allylic oxidation sites excluding steroid dienone is 1. The first-order valence-corrected chi connectivity index (χ1v) is 10.0. The second-order valence-electron chi connectivity index (χ2n) is 6.74. The average molecular weight is 441 g/mol. The first-order chi connectivity index (χ1) is 14.5. The van der Waals surface area contributed by atoms with Crippen LogP contribution in [0.4, 0.5) is 0 Å². The van der Waals surface area contributed by atoms with E-state index in [4.69, 9.17) is 37.4 Å². The summed E-state index contributed by atoms with van der Waals surface area (Å²) in [6.45, 7) is 2.19. The maximum atomic E-state index is 12.8. The molecule has 0 spiro atoms. The summed E-state index contributed by atoms with van der Waals surface area (Å²) < 4.78 is 17.2. The van der Waals surface area contributed by atoms with Crippen molar-refractivity contribution in [3.8, 4) is 17.2 Å². The summed E-state index contributed by atoms with van der Waals surface area (Å²) in [6.07, 6.45) is 1.57. The lowest BCUT2D eigenvalue weighted by molar-refractivity contribution is 0.101. The van der Waals surface area contributed by atoms with Crippen molar-refractivity contribution in [2.75, 3.05) is 7.11 Å². The molecule has 0 aliphatic carbocycles. The molecular formula is C24H18Cl2O4. The number of hydrogen-bond donors (Lipinski definition) is 0. The Bertz CT molecular complexity index is 1150. The summed E-state index contributed by atoms with van der Waals surface area (Å²) in [5.41, 5.74) is 2.68. The van der Waals surface area contributed by atoms with Crippen LogP contribution in [0.5, 0.6) is 17.2 Å². The summed E-state index contributed by atoms with van der Waals surface area (Å²) in [7, 11) is 1.62. The molecule has 152 valence electrons. The number of rotatable bonds is 5. The molecule has 1 aliphatic heterocycles. The number of para-hydroxylation sites is 1. The van der Waals surface area contributed by atoms with Crippen LogP contribution in [0.15, 0.2) is 60.4 Å². The molecule has 1 heterocycles. The number of Topliss-reactive ketones (excluding diaryl/α,β-unsaturated/α-hetero) is 1. The van der Waals surface area contributed by atoms with Crippen LogP contribution in [0.2, 0.25) is 10.0 Å². The number of benzene rings is 3. The molecule has 0 unspecified atom stereocenters. The van der Waals surface area contributed by atoms with E-state index in [0.29, 0.717) is 39.3 Å². The Morgan fingerprint density at radius 3 is 2.43 bits per heavy atom. The van der Waals surface area contributed by atoms with Gasteiger partial charge < -0.3 is 14.2 Å². The highest BCUT2D eigenvalue weighted by Gasteiger charge is 2.30. The summed E-state index contributed by atoms with van der Waals surface area (Å²) >= 11 is 12.4. The van der Waals surface area contributed by atoms with E-state index >= 15 is 0 Å². The van der Waals surface area contributed by atoms with Gasteiger partial charge >= 0.3 is 0 Å². The molecule has 30 heavy (non-hydrogen) atoms. The van der Waals surface area contributed by atoms with Gasteiger partial charge in [-0.05, 0) is 43.3 Å². The third-order valence-corrected chi connectivity index (χ3v) is 5.55. The Kier molecular flexibility index (Phi) is 5.71. The lowest BCUT2D eigenvalue weighted by atomic mass is 10.1. The predicted molar refractivity (Wildman–Crippen MR) is 118 cm³/mol. The molecule has 0 amide bonds. The first-order valence-electron chi connectivity index (χ1n) is 9.26. The number of fused-ring (bicyclic) bond motifs is 1. The fourth-order valence-corrected chi connectivity index (χ4v) is 3.79. The van der Waals surface area contributed by atoms with Crippen LogP contribution >= 0.6 is 23.2 Å². The molecule has 1 aliphatic rings. The number of carbonyl (C=O) groups excluding carboxylic acids is 1. The zero-order valence-corrected chi connectivity index (χ0v) is 17.9. The van der Waals surface area contributed by atoms with Gasteiger partial charge in [-0.15, -0.1) is 0 Å². The molecule has 0 atom stereocenters. The molecule has 0 saturated heterocycles. The van der Waals surface area contributed by atoms with E-state index in [0.717, 1.165) is 16.9 Å². The molecule has 0 fully saturated rings. The van der Waals surface area contributed by atoms with Crippen LogP contribution < -0.4 is 14.2 Å². The van der Waals surface area contributed by atoms with E-state index in [9.17, 15) is 4.79 Å². The minimum absolute atomic E-state index is 0.171. The Morgan fingerprint density at radius 1 is 0.967 bits per heavy atom. The Hall–Kier alpha value is -2.95. The zero-order valence-electron chi connectivity index (χ0n) is 16.4. The number of ketones is 1. The number of halogens is 2. The monoisotopic (exact) mass is 440 g/mol. The SMILES string of the molecule is COc1ccccc1COc1ccc2c(c1C)O/C(=C\c1c(Cl)cccc1Cl)C2=O. The fourth-order valence-electron chi connectivity index (χ4n) is 3.28. The summed E-state index contributed by atoms with van der Waals surface area (Å²) in [5, 5.41) is 0.889. The third kappa shape index (κ3) is 3.76. The molecular weight excluding hydrogens is 423 g/mol. The Balaban J connectivity index is 1.61. The standard InChI is InChI=1S/C24H18Cl2O4/c1-14-20(29-13-15-6-3-4-9-21(15)28-2)11-10-16-23(27)22(30-24(14)16)12-17-18(25)7-5-8-19(17)26/h3-12H,13H2,1-2H3/b22-12-. The third-order valence-electron chi connectivity index (χ3n) is 4.89. The largest absolute Gasteiger partial charge is 0.496 e. The molecule has 3 aromatic carbocycles. The number of carbonyl (C=O) groups is 1. The lowest BCUT2D eigenvalue weighted by Gasteiger charge is -2.13. The fraction of sp³-hybridized carbons (Fsp3) is 0.125. The van der Waals surface area contributed by atoms with Gasteiger partial charge in [-0.3, -0.25) is 4.79 Å². The van der Waals surface area contributed by atoms with E-state index in [1.54, 1.807) is 43.5 Å². The average Bonchev–Trinajstić information content (AvgIpc) is 3.07. The highest BCUT2D eigenvalue weighted by molar-refractivity contribution is 6.37. The van der Waals surface area contributed by atoms with Crippen molar-refractivity contribution >= 4 is 35.1 Å². The van der Waals surface area contributed by atoms with Crippen LogP contribution in [0.1, 0.15) is 27.0 Å². The molecule has 0 N–H and O–H groups in total. The van der Waals surface area contributed by atoms with Crippen molar-refractivity contribution in [2.45, 2.75) is 13.5 Å². The van der Waals surface area contributed by atoms with Crippen molar-refractivity contribution in [1.82, 2.24) is 0 Å². The predicted octanol–water partition coefficient (Wildman–Crippen LogP) is 6.51. The van der Waals surface area contributed by atoms with Gasteiger partial charge in [-0.25, -0.2) is 0 Å². The van der Waals surface area contributed by atoms with E-state index in [2.05, 4.69) is 0 Å². The second-order valence-corrected chi connectivity index (χ2v) is 7.56. The van der Waals surface area contributed by atoms with E-state index in [1.165, 1.54) is 0 Å². The van der Waals surface area contributed by atoms with Gasteiger partial charge in [-0.1, -0.05) is 47.5 Å². The molecule has 4 rings (SSSR count). The van der Waals surface area contributed by atoms with Gasteiger partial charge in [-0.2, -0.15) is 0 Å². The maximum Gasteiger partial charge on any atom is 0.231 e. The van der Waals surface area contributed by atoms with Crippen LogP contribution in [0, 0.1) is 6.92 Å². The number of hydrogen-bond acceptors (Lipinski definition) is 4. The topological polar surface area (TPSA) is 44.8 Å². The van der Waals surface area contributed by atoms with Gasteiger partial charge in [0, 0.05) is 26.7 Å². The van der Waals surface area contributed by atoms with Gasteiger partial charge in [0.2, 0.25) is 5.78 Å². The highest BCUT2D eigenvalue weighted by Crippen LogP contribution is 2.40. The number of ether oxygens (including phenoxy) is 3. The molecule has 4 nitrogen and oxygen atoms in total. The molecule has 0 bridgehead atoms. The van der Waals surface area contributed by atoms with Crippen LogP contribution in [-0.4, -0.2) is 12.9 Å². The lowest BCUT2D eigenvalue weighted by Crippen LogP contribution is -2.00. The van der Waals surface area contributed by atoms with E-state index in [1.807, 2.05) is 31.2 Å². The molecule has 0 radical (unpaired) electrons. The molecule has 3 aromatic rings. The second kappa shape index (κ2) is 8.42. The highest BCUT2D eigenvalue weighted by atomic mass is 35.5. The summed E-state index contributed by atoms with van der Waals surface area (Å²) in [6, 6.07) is 16.3. The maximum absolute atomic E-state index is 12.8. The Morgan fingerprint density at radius 2 is 1.70 bits per heavy atom. The molecule has 0 aromatic heterocycles. The van der Waals surface area contributed by atoms with E-state index < -0.39 is 0 Å². The van der Waals surface area contributed by atoms with Gasteiger partial charge in [0.05, 0.1) is 12.7 Å². The van der Waals surface area contributed by atoms with Crippen LogP contribution in [0.3, 0.4) is 0 Å². The number of methoxy groups -OCH3 is 1. The van der Waals surface area contributed by atoms with Gasteiger partial charge in [0.25, 0.3) is 0 Å². The minimum Gasteiger partial charge on any atom is -0.496 e. The van der Waals surface area contributed by atoms with Crippen LogP contribution in [-0.2, 0) is 6.61 Å². The van der Waals surface area contributed by atoms with Crippen molar-refractivity contribution in [3.63, 3.8) is 0 Å².